The summed E-state index contributed by atoms with van der Waals surface area (Å²) in [7, 11) is 5.62. The predicted octanol–water partition coefficient (Wildman–Crippen LogP) is 2.46. The fourth-order valence-electron chi connectivity index (χ4n) is 1.78. The molecule has 0 fully saturated rings. The van der Waals surface area contributed by atoms with Crippen molar-refractivity contribution in [2.24, 2.45) is 0 Å². The molecule has 0 aliphatic carbocycles. The Hall–Kier alpha value is -1.66. The number of rotatable bonds is 6. The smallest absolute Gasteiger partial charge is 0.230 e. The summed E-state index contributed by atoms with van der Waals surface area (Å²) in [6.07, 6.45) is 3.67. The van der Waals surface area contributed by atoms with Gasteiger partial charge in [0, 0.05) is 39.1 Å². The first-order chi connectivity index (χ1) is 9.61. The first-order valence-electron chi connectivity index (χ1n) is 6.46. The summed E-state index contributed by atoms with van der Waals surface area (Å²) < 4.78 is 5.33. The van der Waals surface area contributed by atoms with Crippen LogP contribution in [-0.2, 0) is 6.54 Å². The molecule has 0 aliphatic rings. The van der Waals surface area contributed by atoms with E-state index in [1.807, 2.05) is 31.3 Å². The number of ether oxygens (including phenoxy) is 1. The second-order valence-electron chi connectivity index (χ2n) is 4.71. The third kappa shape index (κ3) is 3.46. The molecule has 0 aromatic carbocycles. The van der Waals surface area contributed by atoms with Crippen molar-refractivity contribution in [3.05, 3.63) is 35.0 Å². The number of anilines is 1. The number of hydrogen-bond donors (Lipinski definition) is 1. The number of nitrogens with one attached hydrogen (secondary N) is 1. The third-order valence-electron chi connectivity index (χ3n) is 2.98. The van der Waals surface area contributed by atoms with Crippen LogP contribution in [0.2, 0.25) is 0 Å². The summed E-state index contributed by atoms with van der Waals surface area (Å²) in [6.45, 7) is 2.85. The molecular formula is C14H20N4OS. The van der Waals surface area contributed by atoms with Gasteiger partial charge < -0.3 is 15.0 Å². The van der Waals surface area contributed by atoms with Gasteiger partial charge in [-0.3, -0.25) is 4.98 Å². The van der Waals surface area contributed by atoms with E-state index in [9.17, 15) is 0 Å². The lowest BCUT2D eigenvalue weighted by Gasteiger charge is -2.13. The van der Waals surface area contributed by atoms with Gasteiger partial charge in [-0.1, -0.05) is 17.4 Å². The molecule has 0 bridgehead atoms. The van der Waals surface area contributed by atoms with Gasteiger partial charge in [0.05, 0.1) is 12.0 Å². The molecule has 0 saturated carbocycles. The molecule has 0 spiro atoms. The Morgan fingerprint density at radius 2 is 2.25 bits per heavy atom. The SMILES string of the molecule is COc1nc(N(C)C)sc1CNC(C)c1cccnc1. The van der Waals surface area contributed by atoms with Crippen molar-refractivity contribution < 1.29 is 4.74 Å². The second-order valence-corrected chi connectivity index (χ2v) is 5.77. The molecule has 0 amide bonds. The molecular weight excluding hydrogens is 272 g/mol. The van der Waals surface area contributed by atoms with Crippen molar-refractivity contribution >= 4 is 16.5 Å². The van der Waals surface area contributed by atoms with Crippen LogP contribution in [0, 0.1) is 0 Å². The quantitative estimate of drug-likeness (QED) is 0.886. The molecule has 6 heteroatoms. The van der Waals surface area contributed by atoms with Crippen LogP contribution in [0.25, 0.3) is 0 Å². The molecule has 108 valence electrons. The molecule has 1 unspecified atom stereocenters. The summed E-state index contributed by atoms with van der Waals surface area (Å²) in [4.78, 5) is 11.7. The molecule has 2 heterocycles. The molecule has 2 aromatic rings. The van der Waals surface area contributed by atoms with Gasteiger partial charge in [-0.25, -0.2) is 0 Å². The lowest BCUT2D eigenvalue weighted by atomic mass is 10.1. The molecule has 2 rings (SSSR count). The minimum atomic E-state index is 0.235. The summed E-state index contributed by atoms with van der Waals surface area (Å²) in [5, 5.41) is 4.43. The Bertz CT molecular complexity index is 541. The largest absolute Gasteiger partial charge is 0.480 e. The zero-order chi connectivity index (χ0) is 14.5. The van der Waals surface area contributed by atoms with Crippen LogP contribution in [0.3, 0.4) is 0 Å². The average Bonchev–Trinajstić information content (AvgIpc) is 2.89. The molecule has 1 N–H and O–H groups in total. The van der Waals surface area contributed by atoms with Gasteiger partial charge in [-0.15, -0.1) is 0 Å². The van der Waals surface area contributed by atoms with Gasteiger partial charge in [0.2, 0.25) is 5.88 Å². The molecule has 0 radical (unpaired) electrons. The minimum Gasteiger partial charge on any atom is -0.480 e. The molecule has 20 heavy (non-hydrogen) atoms. The lowest BCUT2D eigenvalue weighted by Crippen LogP contribution is -2.17. The van der Waals surface area contributed by atoms with Crippen molar-refractivity contribution in [3.8, 4) is 5.88 Å². The Morgan fingerprint density at radius 1 is 1.45 bits per heavy atom. The van der Waals surface area contributed by atoms with Gasteiger partial charge in [0.15, 0.2) is 5.13 Å². The fourth-order valence-corrected chi connectivity index (χ4v) is 2.69. The summed E-state index contributed by atoms with van der Waals surface area (Å²) in [5.74, 6) is 0.699. The monoisotopic (exact) mass is 292 g/mol. The van der Waals surface area contributed by atoms with Crippen molar-refractivity contribution in [1.29, 1.82) is 0 Å². The van der Waals surface area contributed by atoms with Crippen LogP contribution in [-0.4, -0.2) is 31.2 Å². The van der Waals surface area contributed by atoms with Crippen LogP contribution >= 0.6 is 11.3 Å². The van der Waals surface area contributed by atoms with Gasteiger partial charge >= 0.3 is 0 Å². The highest BCUT2D eigenvalue weighted by Gasteiger charge is 2.14. The third-order valence-corrected chi connectivity index (χ3v) is 4.18. The summed E-state index contributed by atoms with van der Waals surface area (Å²) >= 11 is 1.64. The van der Waals surface area contributed by atoms with Gasteiger partial charge in [-0.2, -0.15) is 4.98 Å². The molecule has 2 aromatic heterocycles. The molecule has 1 atom stereocenters. The standard InChI is InChI=1S/C14H20N4OS/c1-10(11-6-5-7-15-8-11)16-9-12-13(19-4)17-14(20-12)18(2)3/h5-8,10,16H,9H2,1-4H3. The topological polar surface area (TPSA) is 50.3 Å². The highest BCUT2D eigenvalue weighted by molar-refractivity contribution is 7.15. The first kappa shape index (κ1) is 14.7. The van der Waals surface area contributed by atoms with Crippen LogP contribution in [0.1, 0.15) is 23.4 Å². The Balaban J connectivity index is 2.03. The predicted molar refractivity (Wildman–Crippen MR) is 82.5 cm³/mol. The highest BCUT2D eigenvalue weighted by atomic mass is 32.1. The van der Waals surface area contributed by atoms with Crippen molar-refractivity contribution in [3.63, 3.8) is 0 Å². The number of nitrogens with zero attached hydrogens (tertiary/aromatic N) is 3. The van der Waals surface area contributed by atoms with Gasteiger partial charge in [0.25, 0.3) is 0 Å². The summed E-state index contributed by atoms with van der Waals surface area (Å²) in [5.41, 5.74) is 1.17. The second kappa shape index (κ2) is 6.67. The Morgan fingerprint density at radius 3 is 2.85 bits per heavy atom. The molecule has 5 nitrogen and oxygen atoms in total. The van der Waals surface area contributed by atoms with E-state index in [-0.39, 0.29) is 6.04 Å². The molecule has 0 aliphatic heterocycles. The number of pyridine rings is 1. The van der Waals surface area contributed by atoms with Crippen molar-refractivity contribution in [2.75, 3.05) is 26.1 Å². The van der Waals surface area contributed by atoms with E-state index in [4.69, 9.17) is 4.74 Å². The van der Waals surface area contributed by atoms with Crippen LogP contribution in [0.15, 0.2) is 24.5 Å². The van der Waals surface area contributed by atoms with E-state index in [0.29, 0.717) is 5.88 Å². The maximum atomic E-state index is 5.33. The number of hydrogen-bond acceptors (Lipinski definition) is 6. The van der Waals surface area contributed by atoms with Crippen LogP contribution in [0.4, 0.5) is 5.13 Å². The molecule has 0 saturated heterocycles. The Labute approximate surface area is 123 Å². The van der Waals surface area contributed by atoms with E-state index in [2.05, 4.69) is 28.3 Å². The van der Waals surface area contributed by atoms with Crippen molar-refractivity contribution in [2.45, 2.75) is 19.5 Å². The van der Waals surface area contributed by atoms with E-state index >= 15 is 0 Å². The van der Waals surface area contributed by atoms with E-state index in [0.717, 1.165) is 16.6 Å². The number of aromatic nitrogens is 2. The maximum absolute atomic E-state index is 5.33. The Kier molecular flexibility index (Phi) is 4.92. The van der Waals surface area contributed by atoms with E-state index in [1.165, 1.54) is 5.56 Å². The van der Waals surface area contributed by atoms with E-state index in [1.54, 1.807) is 24.6 Å². The van der Waals surface area contributed by atoms with Crippen LogP contribution in [0.5, 0.6) is 5.88 Å². The number of methoxy groups -OCH3 is 1. The van der Waals surface area contributed by atoms with Gasteiger partial charge in [0.1, 0.15) is 0 Å². The zero-order valence-electron chi connectivity index (χ0n) is 12.3. The highest BCUT2D eigenvalue weighted by Crippen LogP contribution is 2.30. The maximum Gasteiger partial charge on any atom is 0.230 e. The minimum absolute atomic E-state index is 0.235. The fraction of sp³-hybridized carbons (Fsp3) is 0.429. The summed E-state index contributed by atoms with van der Waals surface area (Å²) in [6, 6.07) is 4.25. The van der Waals surface area contributed by atoms with Crippen LogP contribution < -0.4 is 15.0 Å². The normalized spacial score (nSPS) is 12.2. The lowest BCUT2D eigenvalue weighted by molar-refractivity contribution is 0.393. The van der Waals surface area contributed by atoms with Gasteiger partial charge in [-0.05, 0) is 18.6 Å². The number of thiazole rings is 1. The van der Waals surface area contributed by atoms with Crippen molar-refractivity contribution in [1.82, 2.24) is 15.3 Å². The average molecular weight is 292 g/mol. The van der Waals surface area contributed by atoms with E-state index < -0.39 is 0 Å². The first-order valence-corrected chi connectivity index (χ1v) is 7.27. The zero-order valence-corrected chi connectivity index (χ0v) is 13.1.